The van der Waals surface area contributed by atoms with E-state index in [1.165, 1.54) is 6.42 Å². The van der Waals surface area contributed by atoms with E-state index in [4.69, 9.17) is 0 Å². The standard InChI is InChI=1S/C13H21N/c1-5-7-8-9-10-11-13(3)14(4)12-6-2/h6,8-12H,3,5,7H2,1-2,4H3/b9-8+,11-10-,12-6-. The molecule has 0 rings (SSSR count). The van der Waals surface area contributed by atoms with Gasteiger partial charge in [-0.15, -0.1) is 0 Å². The van der Waals surface area contributed by atoms with E-state index >= 15 is 0 Å². The van der Waals surface area contributed by atoms with Gasteiger partial charge in [0.2, 0.25) is 0 Å². The van der Waals surface area contributed by atoms with Crippen LogP contribution in [0.2, 0.25) is 0 Å². The maximum Gasteiger partial charge on any atom is 0.0330 e. The minimum absolute atomic E-state index is 0.990. The highest BCUT2D eigenvalue weighted by atomic mass is 15.1. The van der Waals surface area contributed by atoms with Gasteiger partial charge >= 0.3 is 0 Å². The summed E-state index contributed by atoms with van der Waals surface area (Å²) < 4.78 is 0. The first-order valence-corrected chi connectivity index (χ1v) is 5.10. The molecule has 0 unspecified atom stereocenters. The summed E-state index contributed by atoms with van der Waals surface area (Å²) in [6.45, 7) is 8.11. The quantitative estimate of drug-likeness (QED) is 0.576. The van der Waals surface area contributed by atoms with Gasteiger partial charge in [-0.1, -0.05) is 44.2 Å². The zero-order valence-electron chi connectivity index (χ0n) is 9.53. The van der Waals surface area contributed by atoms with Crippen molar-refractivity contribution >= 4 is 0 Å². The van der Waals surface area contributed by atoms with Gasteiger partial charge in [0.05, 0.1) is 0 Å². The number of nitrogens with zero attached hydrogens (tertiary/aromatic N) is 1. The molecular formula is C13H21N. The average molecular weight is 191 g/mol. The molecule has 0 saturated carbocycles. The number of hydrogen-bond acceptors (Lipinski definition) is 1. The second-order valence-corrected chi connectivity index (χ2v) is 3.16. The van der Waals surface area contributed by atoms with Crippen molar-refractivity contribution < 1.29 is 0 Å². The molecule has 0 aliphatic heterocycles. The lowest BCUT2D eigenvalue weighted by atomic mass is 10.3. The third kappa shape index (κ3) is 6.30. The Balaban J connectivity index is 3.92. The van der Waals surface area contributed by atoms with E-state index in [2.05, 4.69) is 25.7 Å². The maximum atomic E-state index is 3.95. The Morgan fingerprint density at radius 1 is 1.36 bits per heavy atom. The lowest BCUT2D eigenvalue weighted by Gasteiger charge is -2.12. The highest BCUT2D eigenvalue weighted by Crippen LogP contribution is 2.01. The predicted octanol–water partition coefficient (Wildman–Crippen LogP) is 3.88. The number of allylic oxidation sites excluding steroid dienone is 5. The van der Waals surface area contributed by atoms with Gasteiger partial charge in [-0.05, 0) is 25.6 Å². The van der Waals surface area contributed by atoms with Crippen LogP contribution in [0.1, 0.15) is 26.7 Å². The summed E-state index contributed by atoms with van der Waals surface area (Å²) in [4.78, 5) is 1.99. The van der Waals surface area contributed by atoms with Crippen molar-refractivity contribution in [2.75, 3.05) is 7.05 Å². The van der Waals surface area contributed by atoms with E-state index < -0.39 is 0 Å². The van der Waals surface area contributed by atoms with E-state index in [1.807, 2.05) is 43.3 Å². The molecule has 0 N–H and O–H groups in total. The van der Waals surface area contributed by atoms with Gasteiger partial charge in [0.15, 0.2) is 0 Å². The van der Waals surface area contributed by atoms with Crippen molar-refractivity contribution in [3.8, 4) is 0 Å². The lowest BCUT2D eigenvalue weighted by Crippen LogP contribution is -2.06. The summed E-state index contributed by atoms with van der Waals surface area (Å²) >= 11 is 0. The summed E-state index contributed by atoms with van der Waals surface area (Å²) in [6, 6.07) is 0. The molecule has 1 nitrogen and oxygen atoms in total. The van der Waals surface area contributed by atoms with Crippen LogP contribution >= 0.6 is 0 Å². The first-order valence-electron chi connectivity index (χ1n) is 5.10. The van der Waals surface area contributed by atoms with E-state index in [-0.39, 0.29) is 0 Å². The van der Waals surface area contributed by atoms with Crippen molar-refractivity contribution in [2.45, 2.75) is 26.7 Å². The molecule has 78 valence electrons. The fourth-order valence-electron chi connectivity index (χ4n) is 0.945. The molecule has 14 heavy (non-hydrogen) atoms. The van der Waals surface area contributed by atoms with Gasteiger partial charge in [0, 0.05) is 12.7 Å². The van der Waals surface area contributed by atoms with Gasteiger partial charge in [-0.25, -0.2) is 0 Å². The number of rotatable bonds is 6. The van der Waals surface area contributed by atoms with Crippen molar-refractivity contribution in [2.24, 2.45) is 0 Å². The van der Waals surface area contributed by atoms with Crippen LogP contribution in [0.5, 0.6) is 0 Å². The molecule has 0 bridgehead atoms. The largest absolute Gasteiger partial charge is 0.352 e. The SMILES string of the molecule is C=C(/C=C\C=C\CCC)N(C)/C=C\C. The second kappa shape index (κ2) is 8.36. The molecule has 0 atom stereocenters. The van der Waals surface area contributed by atoms with Crippen LogP contribution in [0, 0.1) is 0 Å². The number of hydrogen-bond donors (Lipinski definition) is 0. The molecule has 0 aliphatic rings. The topological polar surface area (TPSA) is 3.24 Å². The highest BCUT2D eigenvalue weighted by Gasteiger charge is 1.89. The summed E-state index contributed by atoms with van der Waals surface area (Å²) in [5.41, 5.74) is 0.990. The van der Waals surface area contributed by atoms with E-state index in [9.17, 15) is 0 Å². The van der Waals surface area contributed by atoms with E-state index in [1.54, 1.807) is 0 Å². The molecule has 0 fully saturated rings. The zero-order valence-corrected chi connectivity index (χ0v) is 9.53. The Morgan fingerprint density at radius 2 is 2.07 bits per heavy atom. The smallest absolute Gasteiger partial charge is 0.0330 e. The van der Waals surface area contributed by atoms with Gasteiger partial charge in [0.25, 0.3) is 0 Å². The van der Waals surface area contributed by atoms with Crippen LogP contribution < -0.4 is 0 Å². The predicted molar refractivity (Wildman–Crippen MR) is 64.9 cm³/mol. The summed E-state index contributed by atoms with van der Waals surface area (Å²) in [5.74, 6) is 0. The summed E-state index contributed by atoms with van der Waals surface area (Å²) in [5, 5.41) is 0. The van der Waals surface area contributed by atoms with Crippen LogP contribution in [-0.2, 0) is 0 Å². The number of unbranched alkanes of at least 4 members (excludes halogenated alkanes) is 1. The third-order valence-electron chi connectivity index (χ3n) is 1.82. The average Bonchev–Trinajstić information content (AvgIpc) is 2.17. The molecule has 0 aliphatic carbocycles. The van der Waals surface area contributed by atoms with Crippen LogP contribution in [0.25, 0.3) is 0 Å². The zero-order chi connectivity index (χ0) is 10.8. The molecule has 0 radical (unpaired) electrons. The van der Waals surface area contributed by atoms with Crippen molar-refractivity contribution in [3.63, 3.8) is 0 Å². The monoisotopic (exact) mass is 191 g/mol. The van der Waals surface area contributed by atoms with Crippen LogP contribution in [0.4, 0.5) is 0 Å². The highest BCUT2D eigenvalue weighted by molar-refractivity contribution is 5.19. The third-order valence-corrected chi connectivity index (χ3v) is 1.82. The van der Waals surface area contributed by atoms with Crippen LogP contribution in [-0.4, -0.2) is 11.9 Å². The molecule has 0 amide bonds. The Kier molecular flexibility index (Phi) is 7.62. The van der Waals surface area contributed by atoms with Crippen LogP contribution in [0.15, 0.2) is 48.9 Å². The normalized spacial score (nSPS) is 11.9. The fraction of sp³-hybridized carbons (Fsp3) is 0.385. The minimum atomic E-state index is 0.990. The van der Waals surface area contributed by atoms with Gasteiger partial charge < -0.3 is 4.90 Å². The fourth-order valence-corrected chi connectivity index (χ4v) is 0.945. The van der Waals surface area contributed by atoms with Crippen LogP contribution in [0.3, 0.4) is 0 Å². The van der Waals surface area contributed by atoms with E-state index in [0.29, 0.717) is 0 Å². The molecule has 0 aromatic carbocycles. The van der Waals surface area contributed by atoms with Crippen molar-refractivity contribution in [1.82, 2.24) is 4.90 Å². The molecule has 0 heterocycles. The Bertz CT molecular complexity index is 234. The molecule has 0 aromatic rings. The summed E-state index contributed by atoms with van der Waals surface area (Å²) in [6.07, 6.45) is 14.6. The molecule has 0 aromatic heterocycles. The molecular weight excluding hydrogens is 170 g/mol. The molecule has 0 spiro atoms. The first kappa shape index (κ1) is 12.8. The van der Waals surface area contributed by atoms with Gasteiger partial charge in [-0.3, -0.25) is 0 Å². The Morgan fingerprint density at radius 3 is 2.64 bits per heavy atom. The van der Waals surface area contributed by atoms with Gasteiger partial charge in [-0.2, -0.15) is 0 Å². The molecule has 0 saturated heterocycles. The van der Waals surface area contributed by atoms with Gasteiger partial charge in [0.1, 0.15) is 0 Å². The minimum Gasteiger partial charge on any atom is -0.352 e. The first-order chi connectivity index (χ1) is 6.72. The number of likely N-dealkylation sites (N-methyl/N-ethyl adjacent to an activating group) is 1. The Labute approximate surface area is 88.1 Å². The van der Waals surface area contributed by atoms with Crippen molar-refractivity contribution in [1.29, 1.82) is 0 Å². The Hall–Kier alpha value is -1.24. The summed E-state index contributed by atoms with van der Waals surface area (Å²) in [7, 11) is 1.99. The molecule has 1 heteroatoms. The van der Waals surface area contributed by atoms with Crippen molar-refractivity contribution in [3.05, 3.63) is 48.9 Å². The van der Waals surface area contributed by atoms with E-state index in [0.717, 1.165) is 12.1 Å². The maximum absolute atomic E-state index is 3.95. The second-order valence-electron chi connectivity index (χ2n) is 3.16. The lowest BCUT2D eigenvalue weighted by molar-refractivity contribution is 0.590.